The van der Waals surface area contributed by atoms with Crippen molar-refractivity contribution in [3.8, 4) is 0 Å². The summed E-state index contributed by atoms with van der Waals surface area (Å²) in [6.45, 7) is 4.08. The van der Waals surface area contributed by atoms with Gasteiger partial charge in [0.1, 0.15) is 0 Å². The number of anilines is 1. The number of amides is 1. The second-order valence-electron chi connectivity index (χ2n) is 4.65. The Morgan fingerprint density at radius 2 is 2.47 bits per heavy atom. The Bertz CT molecular complexity index is 438. The van der Waals surface area contributed by atoms with Gasteiger partial charge in [-0.25, -0.2) is 4.98 Å². The predicted octanol–water partition coefficient (Wildman–Crippen LogP) is 3.39. The van der Waals surface area contributed by atoms with E-state index in [1.165, 1.54) is 4.88 Å². The molecule has 1 aromatic heterocycles. The zero-order chi connectivity index (χ0) is 12.3. The van der Waals surface area contributed by atoms with Crippen molar-refractivity contribution in [3.05, 3.63) is 23.2 Å². The van der Waals surface area contributed by atoms with Gasteiger partial charge in [0.25, 0.3) is 0 Å². The van der Waals surface area contributed by atoms with E-state index >= 15 is 0 Å². The minimum atomic E-state index is -0.365. The van der Waals surface area contributed by atoms with Gasteiger partial charge < -0.3 is 5.32 Å². The molecule has 1 amide bonds. The normalized spacial score (nSPS) is 23.6. The summed E-state index contributed by atoms with van der Waals surface area (Å²) in [5, 5.41) is 3.64. The number of carbonyl (C=O) groups is 1. The average molecular weight is 250 g/mol. The van der Waals surface area contributed by atoms with E-state index < -0.39 is 0 Å². The second kappa shape index (κ2) is 5.00. The molecule has 0 radical (unpaired) electrons. The Kier molecular flexibility index (Phi) is 3.62. The SMILES string of the molecule is CCc1cnc(NC(=O)C2(C)C=CCCC2)s1. The van der Waals surface area contributed by atoms with Gasteiger partial charge in [-0.3, -0.25) is 4.79 Å². The summed E-state index contributed by atoms with van der Waals surface area (Å²) >= 11 is 1.56. The average Bonchev–Trinajstić information content (AvgIpc) is 2.78. The van der Waals surface area contributed by atoms with Crippen LogP contribution in [0.2, 0.25) is 0 Å². The highest BCUT2D eigenvalue weighted by atomic mass is 32.1. The molecule has 0 saturated heterocycles. The van der Waals surface area contributed by atoms with Crippen LogP contribution in [0, 0.1) is 5.41 Å². The number of aryl methyl sites for hydroxylation is 1. The van der Waals surface area contributed by atoms with Gasteiger partial charge in [-0.15, -0.1) is 11.3 Å². The van der Waals surface area contributed by atoms with Gasteiger partial charge in [-0.2, -0.15) is 0 Å². The molecule has 1 aromatic rings. The van der Waals surface area contributed by atoms with Crippen LogP contribution in [-0.4, -0.2) is 10.9 Å². The van der Waals surface area contributed by atoms with E-state index in [1.54, 1.807) is 11.3 Å². The highest BCUT2D eigenvalue weighted by Crippen LogP contribution is 2.32. The first kappa shape index (κ1) is 12.3. The number of allylic oxidation sites excluding steroid dienone is 1. The fraction of sp³-hybridized carbons (Fsp3) is 0.538. The maximum atomic E-state index is 12.2. The summed E-state index contributed by atoms with van der Waals surface area (Å²) in [6.07, 6.45) is 10.0. The topological polar surface area (TPSA) is 42.0 Å². The molecular formula is C13H18N2OS. The van der Waals surface area contributed by atoms with Gasteiger partial charge in [0.15, 0.2) is 5.13 Å². The van der Waals surface area contributed by atoms with Crippen molar-refractivity contribution >= 4 is 22.4 Å². The van der Waals surface area contributed by atoms with Crippen molar-refractivity contribution in [2.24, 2.45) is 5.41 Å². The first-order valence-corrected chi connectivity index (χ1v) is 6.89. The molecule has 92 valence electrons. The van der Waals surface area contributed by atoms with Gasteiger partial charge in [0.05, 0.1) is 5.41 Å². The van der Waals surface area contributed by atoms with Crippen molar-refractivity contribution in [1.29, 1.82) is 0 Å². The summed E-state index contributed by atoms with van der Waals surface area (Å²) in [4.78, 5) is 17.6. The quantitative estimate of drug-likeness (QED) is 0.835. The number of thiazole rings is 1. The zero-order valence-corrected chi connectivity index (χ0v) is 11.1. The minimum absolute atomic E-state index is 0.0606. The number of nitrogens with one attached hydrogen (secondary N) is 1. The van der Waals surface area contributed by atoms with Crippen molar-refractivity contribution in [1.82, 2.24) is 4.98 Å². The fourth-order valence-corrected chi connectivity index (χ4v) is 2.72. The summed E-state index contributed by atoms with van der Waals surface area (Å²) in [5.41, 5.74) is -0.365. The van der Waals surface area contributed by atoms with Crippen LogP contribution >= 0.6 is 11.3 Å². The van der Waals surface area contributed by atoms with Crippen LogP contribution in [0.1, 0.15) is 38.0 Å². The van der Waals surface area contributed by atoms with Crippen LogP contribution < -0.4 is 5.32 Å². The summed E-state index contributed by atoms with van der Waals surface area (Å²) < 4.78 is 0. The second-order valence-corrected chi connectivity index (χ2v) is 5.77. The van der Waals surface area contributed by atoms with Crippen LogP contribution in [0.4, 0.5) is 5.13 Å². The lowest BCUT2D eigenvalue weighted by molar-refractivity contribution is -0.123. The van der Waals surface area contributed by atoms with Crippen molar-refractivity contribution in [2.45, 2.75) is 39.5 Å². The predicted molar refractivity (Wildman–Crippen MR) is 71.2 cm³/mol. The van der Waals surface area contributed by atoms with E-state index in [2.05, 4.69) is 23.3 Å². The van der Waals surface area contributed by atoms with E-state index in [0.29, 0.717) is 5.13 Å². The standard InChI is InChI=1S/C13H18N2OS/c1-3-10-9-14-12(17-10)15-11(16)13(2)7-5-4-6-8-13/h5,7,9H,3-4,6,8H2,1-2H3,(H,14,15,16). The molecule has 0 spiro atoms. The molecule has 0 bridgehead atoms. The minimum Gasteiger partial charge on any atom is -0.301 e. The first-order valence-electron chi connectivity index (χ1n) is 6.08. The van der Waals surface area contributed by atoms with Gasteiger partial charge >= 0.3 is 0 Å². The largest absolute Gasteiger partial charge is 0.301 e. The molecule has 1 atom stereocenters. The highest BCUT2D eigenvalue weighted by molar-refractivity contribution is 7.15. The molecule has 0 fully saturated rings. The lowest BCUT2D eigenvalue weighted by Gasteiger charge is -2.26. The van der Waals surface area contributed by atoms with Crippen LogP contribution in [-0.2, 0) is 11.2 Å². The van der Waals surface area contributed by atoms with Crippen molar-refractivity contribution in [2.75, 3.05) is 5.32 Å². The third kappa shape index (κ3) is 2.75. The molecule has 2 rings (SSSR count). The molecule has 0 saturated carbocycles. The number of aromatic nitrogens is 1. The molecule has 1 heterocycles. The third-order valence-electron chi connectivity index (χ3n) is 3.19. The van der Waals surface area contributed by atoms with Crippen LogP contribution in [0.25, 0.3) is 0 Å². The summed E-state index contributed by atoms with van der Waals surface area (Å²) in [5.74, 6) is 0.0606. The molecule has 1 N–H and O–H groups in total. The summed E-state index contributed by atoms with van der Waals surface area (Å²) in [6, 6.07) is 0. The Labute approximate surface area is 106 Å². The Hall–Kier alpha value is -1.16. The number of nitrogens with zero attached hydrogens (tertiary/aromatic N) is 1. The van der Waals surface area contributed by atoms with E-state index in [9.17, 15) is 4.79 Å². The monoisotopic (exact) mass is 250 g/mol. The van der Waals surface area contributed by atoms with Crippen molar-refractivity contribution in [3.63, 3.8) is 0 Å². The third-order valence-corrected chi connectivity index (χ3v) is 4.25. The number of rotatable bonds is 3. The van der Waals surface area contributed by atoms with Gasteiger partial charge in [0, 0.05) is 11.1 Å². The number of hydrogen-bond acceptors (Lipinski definition) is 3. The maximum Gasteiger partial charge on any atom is 0.235 e. The summed E-state index contributed by atoms with van der Waals surface area (Å²) in [7, 11) is 0. The molecule has 0 aromatic carbocycles. The Balaban J connectivity index is 2.05. The lowest BCUT2D eigenvalue weighted by atomic mass is 9.80. The van der Waals surface area contributed by atoms with E-state index in [0.717, 1.165) is 25.7 Å². The molecule has 3 nitrogen and oxygen atoms in total. The lowest BCUT2D eigenvalue weighted by Crippen LogP contribution is -2.32. The molecular weight excluding hydrogens is 232 g/mol. The maximum absolute atomic E-state index is 12.2. The van der Waals surface area contributed by atoms with Crippen LogP contribution in [0.5, 0.6) is 0 Å². The fourth-order valence-electron chi connectivity index (χ4n) is 1.97. The van der Waals surface area contributed by atoms with Crippen LogP contribution in [0.15, 0.2) is 18.3 Å². The van der Waals surface area contributed by atoms with E-state index in [-0.39, 0.29) is 11.3 Å². The van der Waals surface area contributed by atoms with Gasteiger partial charge in [0.2, 0.25) is 5.91 Å². The molecule has 1 unspecified atom stereocenters. The molecule has 0 aliphatic heterocycles. The van der Waals surface area contributed by atoms with Crippen LogP contribution in [0.3, 0.4) is 0 Å². The van der Waals surface area contributed by atoms with E-state index in [4.69, 9.17) is 0 Å². The van der Waals surface area contributed by atoms with Crippen molar-refractivity contribution < 1.29 is 4.79 Å². The highest BCUT2D eigenvalue weighted by Gasteiger charge is 2.31. The smallest absolute Gasteiger partial charge is 0.235 e. The van der Waals surface area contributed by atoms with Gasteiger partial charge in [-0.1, -0.05) is 19.1 Å². The molecule has 1 aliphatic rings. The number of hydrogen-bond donors (Lipinski definition) is 1. The molecule has 4 heteroatoms. The van der Waals surface area contributed by atoms with Gasteiger partial charge in [-0.05, 0) is 32.6 Å². The zero-order valence-electron chi connectivity index (χ0n) is 10.3. The molecule has 1 aliphatic carbocycles. The Morgan fingerprint density at radius 3 is 3.06 bits per heavy atom. The Morgan fingerprint density at radius 1 is 1.65 bits per heavy atom. The van der Waals surface area contributed by atoms with E-state index in [1.807, 2.05) is 19.2 Å². The molecule has 17 heavy (non-hydrogen) atoms. The first-order chi connectivity index (χ1) is 8.14. The number of carbonyl (C=O) groups excluding carboxylic acids is 1.